The number of hydrogen-bond acceptors (Lipinski definition) is 3. The van der Waals surface area contributed by atoms with Gasteiger partial charge in [0.15, 0.2) is 6.61 Å². The van der Waals surface area contributed by atoms with E-state index in [1.165, 1.54) is 0 Å². The predicted octanol–water partition coefficient (Wildman–Crippen LogP) is 3.98. The average Bonchev–Trinajstić information content (AvgIpc) is 2.74. The van der Waals surface area contributed by atoms with Crippen molar-refractivity contribution < 1.29 is 14.3 Å². The van der Waals surface area contributed by atoms with Crippen molar-refractivity contribution in [2.75, 3.05) is 19.7 Å². The quantitative estimate of drug-likeness (QED) is 0.645. The zero-order chi connectivity index (χ0) is 22.1. The van der Waals surface area contributed by atoms with Gasteiger partial charge in [0.25, 0.3) is 5.91 Å². The van der Waals surface area contributed by atoms with Gasteiger partial charge in [0.05, 0.1) is 0 Å². The lowest BCUT2D eigenvalue weighted by Crippen LogP contribution is -2.50. The van der Waals surface area contributed by atoms with Gasteiger partial charge in [-0.25, -0.2) is 0 Å². The van der Waals surface area contributed by atoms with Gasteiger partial charge in [0, 0.05) is 13.1 Å². The van der Waals surface area contributed by atoms with Gasteiger partial charge in [0.2, 0.25) is 5.91 Å². The summed E-state index contributed by atoms with van der Waals surface area (Å²) < 4.78 is 5.88. The fourth-order valence-electron chi connectivity index (χ4n) is 3.34. The highest BCUT2D eigenvalue weighted by molar-refractivity contribution is 5.88. The first kappa shape index (κ1) is 23.5. The first-order valence-corrected chi connectivity index (χ1v) is 10.6. The molecule has 2 amide bonds. The molecule has 5 heteroatoms. The molecule has 0 saturated carbocycles. The Morgan fingerprint density at radius 2 is 1.80 bits per heavy atom. The van der Waals surface area contributed by atoms with E-state index in [0.717, 1.165) is 28.7 Å². The molecule has 2 rings (SSSR count). The lowest BCUT2D eigenvalue weighted by atomic mass is 10.1. The molecule has 1 atom stereocenters. The molecule has 0 radical (unpaired) electrons. The molecule has 0 fully saturated rings. The highest BCUT2D eigenvalue weighted by Gasteiger charge is 2.26. The Morgan fingerprint density at radius 1 is 1.10 bits per heavy atom. The van der Waals surface area contributed by atoms with Gasteiger partial charge in [-0.3, -0.25) is 9.59 Å². The van der Waals surface area contributed by atoms with Crippen molar-refractivity contribution in [3.63, 3.8) is 0 Å². The fourth-order valence-corrected chi connectivity index (χ4v) is 3.34. The van der Waals surface area contributed by atoms with Crippen molar-refractivity contribution in [2.45, 2.75) is 53.5 Å². The van der Waals surface area contributed by atoms with E-state index in [9.17, 15) is 9.59 Å². The maximum atomic E-state index is 13.1. The third-order valence-electron chi connectivity index (χ3n) is 5.32. The van der Waals surface area contributed by atoms with Gasteiger partial charge < -0.3 is 15.0 Å². The molecule has 5 nitrogen and oxygen atoms in total. The molecule has 0 heterocycles. The molecular formula is C25H34N2O3. The summed E-state index contributed by atoms with van der Waals surface area (Å²) in [5.74, 6) is 0.386. The van der Waals surface area contributed by atoms with E-state index < -0.39 is 6.04 Å². The van der Waals surface area contributed by atoms with Crippen molar-refractivity contribution in [1.29, 1.82) is 0 Å². The van der Waals surface area contributed by atoms with Crippen LogP contribution in [0.15, 0.2) is 42.5 Å². The molecular weight excluding hydrogens is 376 g/mol. The van der Waals surface area contributed by atoms with Crippen LogP contribution in [0.1, 0.15) is 42.5 Å². The Kier molecular flexibility index (Phi) is 8.90. The summed E-state index contributed by atoms with van der Waals surface area (Å²) in [5.41, 5.74) is 4.37. The Hall–Kier alpha value is -2.82. The van der Waals surface area contributed by atoms with Gasteiger partial charge in [-0.2, -0.15) is 0 Å². The fraction of sp³-hybridized carbons (Fsp3) is 0.440. The lowest BCUT2D eigenvalue weighted by Gasteiger charge is -2.29. The molecule has 1 N–H and O–H groups in total. The van der Waals surface area contributed by atoms with Gasteiger partial charge in [-0.1, -0.05) is 43.3 Å². The van der Waals surface area contributed by atoms with Gasteiger partial charge in [-0.15, -0.1) is 0 Å². The summed E-state index contributed by atoms with van der Waals surface area (Å²) in [6.07, 6.45) is 1.53. The van der Waals surface area contributed by atoms with Crippen molar-refractivity contribution in [3.8, 4) is 5.75 Å². The summed E-state index contributed by atoms with van der Waals surface area (Å²) in [6, 6.07) is 13.5. The number of carbonyl (C=O) groups excluding carboxylic acids is 2. The van der Waals surface area contributed by atoms with Gasteiger partial charge >= 0.3 is 0 Å². The second-order valence-electron chi connectivity index (χ2n) is 7.78. The summed E-state index contributed by atoms with van der Waals surface area (Å²) in [7, 11) is 0. The molecule has 0 spiro atoms. The number of amides is 2. The molecule has 30 heavy (non-hydrogen) atoms. The van der Waals surface area contributed by atoms with Crippen molar-refractivity contribution in [3.05, 3.63) is 64.7 Å². The van der Waals surface area contributed by atoms with E-state index in [4.69, 9.17) is 4.74 Å². The topological polar surface area (TPSA) is 58.6 Å². The molecule has 0 aliphatic heterocycles. The van der Waals surface area contributed by atoms with Gasteiger partial charge in [-0.05, 0) is 68.9 Å². The minimum Gasteiger partial charge on any atom is -0.483 e. The number of rotatable bonds is 10. The Morgan fingerprint density at radius 3 is 2.47 bits per heavy atom. The van der Waals surface area contributed by atoms with Crippen LogP contribution >= 0.6 is 0 Å². The summed E-state index contributed by atoms with van der Waals surface area (Å²) >= 11 is 0. The van der Waals surface area contributed by atoms with Crippen LogP contribution in [0, 0.1) is 20.8 Å². The highest BCUT2D eigenvalue weighted by atomic mass is 16.5. The Bertz CT molecular complexity index is 849. The normalized spacial score (nSPS) is 11.6. The SMILES string of the molecule is CCCNC(=O)[C@@H](C)N(CCc1ccccc1)C(=O)COc1cc(C)cc(C)c1C. The van der Waals surface area contributed by atoms with Crippen LogP contribution in [0.3, 0.4) is 0 Å². The molecule has 2 aromatic carbocycles. The van der Waals surface area contributed by atoms with Crippen molar-refractivity contribution >= 4 is 11.8 Å². The van der Waals surface area contributed by atoms with Crippen LogP contribution in [-0.2, 0) is 16.0 Å². The summed E-state index contributed by atoms with van der Waals surface area (Å²) in [5, 5.41) is 2.89. The molecule has 0 aliphatic rings. The minimum atomic E-state index is -0.559. The largest absolute Gasteiger partial charge is 0.483 e. The molecule has 0 unspecified atom stereocenters. The van der Waals surface area contributed by atoms with Gasteiger partial charge in [0.1, 0.15) is 11.8 Å². The van der Waals surface area contributed by atoms with E-state index in [1.54, 1.807) is 11.8 Å². The Labute approximate surface area is 180 Å². The molecule has 0 saturated heterocycles. The average molecular weight is 411 g/mol. The second kappa shape index (κ2) is 11.4. The maximum absolute atomic E-state index is 13.1. The first-order chi connectivity index (χ1) is 14.3. The third-order valence-corrected chi connectivity index (χ3v) is 5.32. The summed E-state index contributed by atoms with van der Waals surface area (Å²) in [6.45, 7) is 10.8. The molecule has 162 valence electrons. The predicted molar refractivity (Wildman–Crippen MR) is 121 cm³/mol. The lowest BCUT2D eigenvalue weighted by molar-refractivity contribution is -0.141. The van der Waals surface area contributed by atoms with Crippen LogP contribution in [0.25, 0.3) is 0 Å². The van der Waals surface area contributed by atoms with Crippen LogP contribution in [-0.4, -0.2) is 42.5 Å². The number of carbonyl (C=O) groups is 2. The zero-order valence-electron chi connectivity index (χ0n) is 18.8. The third kappa shape index (κ3) is 6.61. The zero-order valence-corrected chi connectivity index (χ0v) is 18.8. The van der Waals surface area contributed by atoms with Crippen LogP contribution in [0.5, 0.6) is 5.75 Å². The second-order valence-corrected chi connectivity index (χ2v) is 7.78. The molecule has 0 bridgehead atoms. The minimum absolute atomic E-state index is 0.0933. The number of aryl methyl sites for hydroxylation is 2. The number of nitrogens with one attached hydrogen (secondary N) is 1. The molecule has 0 aromatic heterocycles. The highest BCUT2D eigenvalue weighted by Crippen LogP contribution is 2.23. The van der Waals surface area contributed by atoms with E-state index in [2.05, 4.69) is 11.4 Å². The van der Waals surface area contributed by atoms with E-state index in [1.807, 2.05) is 64.1 Å². The monoisotopic (exact) mass is 410 g/mol. The summed E-state index contributed by atoms with van der Waals surface area (Å²) in [4.78, 5) is 27.2. The first-order valence-electron chi connectivity index (χ1n) is 10.6. The Balaban J connectivity index is 2.11. The number of hydrogen-bond donors (Lipinski definition) is 1. The van der Waals surface area contributed by atoms with E-state index in [-0.39, 0.29) is 18.4 Å². The standard InChI is InChI=1S/C25H34N2O3/c1-6-13-26-25(29)21(5)27(14-12-22-10-8-7-9-11-22)24(28)17-30-23-16-18(2)15-19(3)20(23)4/h7-11,15-16,21H,6,12-14,17H2,1-5H3,(H,26,29)/t21-/m1/s1. The van der Waals surface area contributed by atoms with E-state index in [0.29, 0.717) is 25.3 Å². The van der Waals surface area contributed by atoms with Crippen LogP contribution in [0.4, 0.5) is 0 Å². The van der Waals surface area contributed by atoms with Crippen LogP contribution < -0.4 is 10.1 Å². The number of benzene rings is 2. The molecule has 2 aromatic rings. The maximum Gasteiger partial charge on any atom is 0.261 e. The smallest absolute Gasteiger partial charge is 0.261 e. The van der Waals surface area contributed by atoms with Crippen LogP contribution in [0.2, 0.25) is 0 Å². The number of nitrogens with zero attached hydrogens (tertiary/aromatic N) is 1. The van der Waals surface area contributed by atoms with Crippen molar-refractivity contribution in [1.82, 2.24) is 10.2 Å². The van der Waals surface area contributed by atoms with Crippen molar-refractivity contribution in [2.24, 2.45) is 0 Å². The van der Waals surface area contributed by atoms with E-state index >= 15 is 0 Å². The number of ether oxygens (including phenoxy) is 1. The molecule has 0 aliphatic carbocycles.